The van der Waals surface area contributed by atoms with Crippen molar-refractivity contribution in [3.05, 3.63) is 23.4 Å². The molecule has 1 aromatic heterocycles. The molecule has 96 valence electrons. The number of nitrogens with zero attached hydrogens (tertiary/aromatic N) is 2. The van der Waals surface area contributed by atoms with Crippen molar-refractivity contribution >= 4 is 5.82 Å². The molecule has 4 heteroatoms. The molecule has 1 aliphatic carbocycles. The van der Waals surface area contributed by atoms with E-state index in [0.717, 1.165) is 5.56 Å². The molecular formula is C14H20N4. The van der Waals surface area contributed by atoms with Gasteiger partial charge in [0.15, 0.2) is 0 Å². The van der Waals surface area contributed by atoms with Gasteiger partial charge in [0.1, 0.15) is 11.9 Å². The summed E-state index contributed by atoms with van der Waals surface area (Å²) in [5, 5.41) is 12.6. The lowest BCUT2D eigenvalue weighted by atomic mass is 9.98. The van der Waals surface area contributed by atoms with Crippen LogP contribution in [0, 0.1) is 24.2 Å². The SMILES string of the molecule is Cc1ccnc(NC(CN)C2CCCC2)c1C#N. The molecule has 1 unspecified atom stereocenters. The Morgan fingerprint density at radius 2 is 2.28 bits per heavy atom. The molecule has 0 radical (unpaired) electrons. The third kappa shape index (κ3) is 2.62. The third-order valence-corrected chi connectivity index (χ3v) is 3.82. The van der Waals surface area contributed by atoms with Gasteiger partial charge >= 0.3 is 0 Å². The van der Waals surface area contributed by atoms with Crippen LogP contribution in [-0.4, -0.2) is 17.6 Å². The Labute approximate surface area is 108 Å². The zero-order valence-electron chi connectivity index (χ0n) is 10.8. The highest BCUT2D eigenvalue weighted by molar-refractivity contribution is 5.55. The number of nitrogens with two attached hydrogens (primary N) is 1. The summed E-state index contributed by atoms with van der Waals surface area (Å²) < 4.78 is 0. The fourth-order valence-electron chi connectivity index (χ4n) is 2.71. The Morgan fingerprint density at radius 1 is 1.56 bits per heavy atom. The summed E-state index contributed by atoms with van der Waals surface area (Å²) in [5.41, 5.74) is 7.45. The lowest BCUT2D eigenvalue weighted by Gasteiger charge is -2.24. The van der Waals surface area contributed by atoms with Gasteiger partial charge in [-0.1, -0.05) is 12.8 Å². The van der Waals surface area contributed by atoms with E-state index in [1.54, 1.807) is 6.20 Å². The van der Waals surface area contributed by atoms with Crippen LogP contribution in [0.1, 0.15) is 36.8 Å². The van der Waals surface area contributed by atoms with Crippen LogP contribution >= 0.6 is 0 Å². The van der Waals surface area contributed by atoms with Crippen molar-refractivity contribution in [2.75, 3.05) is 11.9 Å². The first kappa shape index (κ1) is 12.8. The molecule has 1 heterocycles. The lowest BCUT2D eigenvalue weighted by Crippen LogP contribution is -2.35. The summed E-state index contributed by atoms with van der Waals surface area (Å²) >= 11 is 0. The Hall–Kier alpha value is -1.60. The zero-order chi connectivity index (χ0) is 13.0. The number of nitriles is 1. The average Bonchev–Trinajstić information content (AvgIpc) is 2.89. The number of anilines is 1. The average molecular weight is 244 g/mol. The lowest BCUT2D eigenvalue weighted by molar-refractivity contribution is 0.461. The summed E-state index contributed by atoms with van der Waals surface area (Å²) in [4.78, 5) is 4.28. The van der Waals surface area contributed by atoms with Crippen molar-refractivity contribution in [1.82, 2.24) is 4.98 Å². The minimum absolute atomic E-state index is 0.230. The smallest absolute Gasteiger partial charge is 0.144 e. The predicted molar refractivity (Wildman–Crippen MR) is 72.1 cm³/mol. The summed E-state index contributed by atoms with van der Waals surface area (Å²) in [6.45, 7) is 2.52. The first-order valence-corrected chi connectivity index (χ1v) is 6.58. The molecule has 0 saturated heterocycles. The highest BCUT2D eigenvalue weighted by Crippen LogP contribution is 2.29. The first-order chi connectivity index (χ1) is 8.76. The standard InChI is InChI=1S/C14H20N4/c1-10-6-7-17-14(12(10)8-15)18-13(9-16)11-4-2-3-5-11/h6-7,11,13H,2-5,9,16H2,1H3,(H,17,18). The van der Waals surface area contributed by atoms with Crippen molar-refractivity contribution in [1.29, 1.82) is 5.26 Å². The molecule has 0 bridgehead atoms. The molecule has 0 amide bonds. The van der Waals surface area contributed by atoms with E-state index in [4.69, 9.17) is 5.73 Å². The van der Waals surface area contributed by atoms with Gasteiger partial charge in [0.2, 0.25) is 0 Å². The second kappa shape index (κ2) is 5.83. The van der Waals surface area contributed by atoms with E-state index in [-0.39, 0.29) is 6.04 Å². The summed E-state index contributed by atoms with van der Waals surface area (Å²) in [6, 6.07) is 4.31. The van der Waals surface area contributed by atoms with E-state index in [2.05, 4.69) is 16.4 Å². The molecule has 18 heavy (non-hydrogen) atoms. The van der Waals surface area contributed by atoms with Gasteiger partial charge in [0, 0.05) is 18.8 Å². The molecule has 3 N–H and O–H groups in total. The van der Waals surface area contributed by atoms with Crippen LogP contribution in [0.5, 0.6) is 0 Å². The fourth-order valence-corrected chi connectivity index (χ4v) is 2.71. The molecule has 0 aromatic carbocycles. The number of aryl methyl sites for hydroxylation is 1. The van der Waals surface area contributed by atoms with Gasteiger partial charge in [0.25, 0.3) is 0 Å². The van der Waals surface area contributed by atoms with Crippen LogP contribution in [0.15, 0.2) is 12.3 Å². The highest BCUT2D eigenvalue weighted by atomic mass is 15.0. The van der Waals surface area contributed by atoms with Crippen molar-refractivity contribution in [3.8, 4) is 6.07 Å². The van der Waals surface area contributed by atoms with E-state index in [9.17, 15) is 5.26 Å². The monoisotopic (exact) mass is 244 g/mol. The Balaban J connectivity index is 2.17. The van der Waals surface area contributed by atoms with E-state index < -0.39 is 0 Å². The van der Waals surface area contributed by atoms with Crippen molar-refractivity contribution in [2.24, 2.45) is 11.7 Å². The minimum atomic E-state index is 0.230. The second-order valence-electron chi connectivity index (χ2n) is 4.99. The predicted octanol–water partition coefficient (Wildman–Crippen LogP) is 2.19. The molecule has 4 nitrogen and oxygen atoms in total. The minimum Gasteiger partial charge on any atom is -0.365 e. The molecule has 2 rings (SSSR count). The zero-order valence-corrected chi connectivity index (χ0v) is 10.8. The van der Waals surface area contributed by atoms with Crippen molar-refractivity contribution < 1.29 is 0 Å². The topological polar surface area (TPSA) is 74.7 Å². The number of nitrogens with one attached hydrogen (secondary N) is 1. The Morgan fingerprint density at radius 3 is 2.89 bits per heavy atom. The van der Waals surface area contributed by atoms with Crippen LogP contribution in [0.2, 0.25) is 0 Å². The fraction of sp³-hybridized carbons (Fsp3) is 0.571. The van der Waals surface area contributed by atoms with Crippen LogP contribution in [-0.2, 0) is 0 Å². The van der Waals surface area contributed by atoms with Crippen LogP contribution < -0.4 is 11.1 Å². The van der Waals surface area contributed by atoms with Crippen LogP contribution in [0.4, 0.5) is 5.82 Å². The molecule has 1 aromatic rings. The molecule has 0 aliphatic heterocycles. The number of hydrogen-bond donors (Lipinski definition) is 2. The van der Waals surface area contributed by atoms with Crippen LogP contribution in [0.3, 0.4) is 0 Å². The number of rotatable bonds is 4. The van der Waals surface area contributed by atoms with E-state index in [0.29, 0.717) is 23.8 Å². The molecule has 1 fully saturated rings. The maximum Gasteiger partial charge on any atom is 0.144 e. The normalized spacial score (nSPS) is 17.4. The van der Waals surface area contributed by atoms with Gasteiger partial charge in [-0.3, -0.25) is 0 Å². The highest BCUT2D eigenvalue weighted by Gasteiger charge is 2.24. The summed E-state index contributed by atoms with van der Waals surface area (Å²) in [5.74, 6) is 1.30. The molecule has 0 spiro atoms. The number of hydrogen-bond acceptors (Lipinski definition) is 4. The van der Waals surface area contributed by atoms with Gasteiger partial charge in [-0.25, -0.2) is 4.98 Å². The van der Waals surface area contributed by atoms with Crippen molar-refractivity contribution in [2.45, 2.75) is 38.6 Å². The molecule has 1 atom stereocenters. The van der Waals surface area contributed by atoms with E-state index in [1.807, 2.05) is 13.0 Å². The molecule has 1 aliphatic rings. The first-order valence-electron chi connectivity index (χ1n) is 6.58. The molecule has 1 saturated carbocycles. The second-order valence-corrected chi connectivity index (χ2v) is 4.99. The van der Waals surface area contributed by atoms with Gasteiger partial charge in [-0.2, -0.15) is 5.26 Å². The van der Waals surface area contributed by atoms with E-state index >= 15 is 0 Å². The Kier molecular flexibility index (Phi) is 4.16. The number of aromatic nitrogens is 1. The van der Waals surface area contributed by atoms with Gasteiger partial charge in [0.05, 0.1) is 5.56 Å². The van der Waals surface area contributed by atoms with Crippen molar-refractivity contribution in [3.63, 3.8) is 0 Å². The quantitative estimate of drug-likeness (QED) is 0.851. The van der Waals surface area contributed by atoms with E-state index in [1.165, 1.54) is 25.7 Å². The summed E-state index contributed by atoms with van der Waals surface area (Å²) in [7, 11) is 0. The maximum atomic E-state index is 9.19. The Bertz CT molecular complexity index is 444. The third-order valence-electron chi connectivity index (χ3n) is 3.82. The largest absolute Gasteiger partial charge is 0.365 e. The molecular weight excluding hydrogens is 224 g/mol. The number of pyridine rings is 1. The maximum absolute atomic E-state index is 9.19. The summed E-state index contributed by atoms with van der Waals surface area (Å²) in [6.07, 6.45) is 6.76. The van der Waals surface area contributed by atoms with Gasteiger partial charge < -0.3 is 11.1 Å². The van der Waals surface area contributed by atoms with Gasteiger partial charge in [-0.15, -0.1) is 0 Å². The van der Waals surface area contributed by atoms with Gasteiger partial charge in [-0.05, 0) is 37.3 Å². The van der Waals surface area contributed by atoms with Crippen LogP contribution in [0.25, 0.3) is 0 Å².